The first kappa shape index (κ1) is 30.1. The van der Waals surface area contributed by atoms with E-state index in [1.54, 1.807) is 36.2 Å². The first-order valence-electron chi connectivity index (χ1n) is 12.3. The van der Waals surface area contributed by atoms with E-state index in [9.17, 15) is 9.59 Å². The van der Waals surface area contributed by atoms with Crippen LogP contribution in [0.15, 0.2) is 28.9 Å². The number of nitrogens with zero attached hydrogens (tertiary/aromatic N) is 2. The molecule has 0 saturated carbocycles. The number of carbonyl (C=O) groups is 2. The molecule has 3 aromatic heterocycles. The number of thiophene rings is 1. The molecule has 0 saturated heterocycles. The van der Waals surface area contributed by atoms with Crippen molar-refractivity contribution in [3.05, 3.63) is 45.8 Å². The molecule has 3 aromatic rings. The van der Waals surface area contributed by atoms with Gasteiger partial charge >= 0.3 is 12.2 Å². The quantitative estimate of drug-likeness (QED) is 0.274. The minimum atomic E-state index is -0.691. The lowest BCUT2D eigenvalue weighted by molar-refractivity contribution is 0.0508. The Hall–Kier alpha value is -2.43. The van der Waals surface area contributed by atoms with Crippen LogP contribution in [0.3, 0.4) is 0 Å². The maximum atomic E-state index is 13.4. The van der Waals surface area contributed by atoms with Crippen LogP contribution in [0, 0.1) is 6.92 Å². The van der Waals surface area contributed by atoms with E-state index in [2.05, 4.69) is 10.3 Å². The van der Waals surface area contributed by atoms with Crippen LogP contribution >= 0.6 is 34.7 Å². The molecule has 11 heteroatoms. The monoisotopic (exact) mass is 581 g/mol. The fraction of sp³-hybridized carbons (Fsp3) is 0.519. The normalized spacial score (nSPS) is 12.9. The number of amides is 2. The van der Waals surface area contributed by atoms with Gasteiger partial charge in [0.2, 0.25) is 0 Å². The summed E-state index contributed by atoms with van der Waals surface area (Å²) in [4.78, 5) is 33.0. The number of halogens is 1. The van der Waals surface area contributed by atoms with Crippen LogP contribution in [0.5, 0.6) is 0 Å². The third-order valence-electron chi connectivity index (χ3n) is 5.24. The summed E-state index contributed by atoms with van der Waals surface area (Å²) in [5.74, 6) is 1.31. The second-order valence-corrected chi connectivity index (χ2v) is 13.3. The molecule has 0 aliphatic heterocycles. The molecule has 0 aromatic carbocycles. The van der Waals surface area contributed by atoms with E-state index >= 15 is 0 Å². The molecule has 0 spiro atoms. The van der Waals surface area contributed by atoms with Gasteiger partial charge < -0.3 is 19.2 Å². The molecule has 0 unspecified atom stereocenters. The number of pyridine rings is 1. The van der Waals surface area contributed by atoms with Gasteiger partial charge in [-0.3, -0.25) is 4.90 Å². The van der Waals surface area contributed by atoms with Gasteiger partial charge in [-0.25, -0.2) is 14.6 Å². The van der Waals surface area contributed by atoms with E-state index in [4.69, 9.17) is 25.5 Å². The fourth-order valence-corrected chi connectivity index (χ4v) is 5.89. The molecule has 0 bridgehead atoms. The molecule has 1 atom stereocenters. The Morgan fingerprint density at radius 1 is 1.21 bits per heavy atom. The number of ether oxygens (including phenoxy) is 2. The predicted molar refractivity (Wildman–Crippen MR) is 156 cm³/mol. The van der Waals surface area contributed by atoms with E-state index in [-0.39, 0.29) is 17.7 Å². The van der Waals surface area contributed by atoms with Gasteiger partial charge in [-0.05, 0) is 72.4 Å². The molecule has 8 nitrogen and oxygen atoms in total. The van der Waals surface area contributed by atoms with Gasteiger partial charge in [0.1, 0.15) is 22.1 Å². The van der Waals surface area contributed by atoms with Crippen molar-refractivity contribution in [2.75, 3.05) is 16.9 Å². The molecule has 208 valence electrons. The highest BCUT2D eigenvalue weighted by molar-refractivity contribution is 7.98. The predicted octanol–water partition coefficient (Wildman–Crippen LogP) is 7.59. The Bertz CT molecular complexity index is 1260. The molecule has 0 aliphatic carbocycles. The number of nitrogens with one attached hydrogen (secondary N) is 1. The van der Waals surface area contributed by atoms with Crippen LogP contribution in [-0.4, -0.2) is 46.4 Å². The zero-order chi connectivity index (χ0) is 28.3. The number of hydrogen-bond acceptors (Lipinski definition) is 8. The van der Waals surface area contributed by atoms with Crippen molar-refractivity contribution >= 4 is 62.8 Å². The van der Waals surface area contributed by atoms with Crippen LogP contribution in [0.4, 0.5) is 15.3 Å². The summed E-state index contributed by atoms with van der Waals surface area (Å²) in [6, 6.07) is 5.09. The second kappa shape index (κ2) is 12.2. The Morgan fingerprint density at radius 3 is 2.47 bits per heavy atom. The van der Waals surface area contributed by atoms with Gasteiger partial charge in [0, 0.05) is 29.2 Å². The summed E-state index contributed by atoms with van der Waals surface area (Å²) < 4.78 is 17.5. The van der Waals surface area contributed by atoms with Crippen molar-refractivity contribution in [3.8, 4) is 0 Å². The molecule has 2 amide bonds. The molecule has 3 heterocycles. The van der Waals surface area contributed by atoms with Crippen molar-refractivity contribution in [3.63, 3.8) is 0 Å². The number of alkyl carbamates (subject to hydrolysis) is 1. The van der Waals surface area contributed by atoms with Gasteiger partial charge in [-0.15, -0.1) is 11.3 Å². The van der Waals surface area contributed by atoms with Crippen molar-refractivity contribution in [2.45, 2.75) is 78.7 Å². The van der Waals surface area contributed by atoms with Gasteiger partial charge in [-0.2, -0.15) is 11.8 Å². The molecule has 38 heavy (non-hydrogen) atoms. The number of hydrogen-bond donors (Lipinski definition) is 1. The van der Waals surface area contributed by atoms with E-state index in [1.807, 2.05) is 54.7 Å². The average molecular weight is 582 g/mol. The van der Waals surface area contributed by atoms with Crippen molar-refractivity contribution in [1.82, 2.24) is 10.3 Å². The molecule has 0 aliphatic rings. The second-order valence-electron chi connectivity index (χ2n) is 10.9. The number of rotatable bonds is 8. The Labute approximate surface area is 237 Å². The van der Waals surface area contributed by atoms with Crippen molar-refractivity contribution in [1.29, 1.82) is 0 Å². The summed E-state index contributed by atoms with van der Waals surface area (Å²) in [6.07, 6.45) is 3.17. The fourth-order valence-electron chi connectivity index (χ4n) is 3.75. The maximum Gasteiger partial charge on any atom is 0.415 e. The molecule has 0 fully saturated rings. The largest absolute Gasteiger partial charge is 0.467 e. The summed E-state index contributed by atoms with van der Waals surface area (Å²) >= 11 is 9.64. The zero-order valence-electron chi connectivity index (χ0n) is 23.1. The minimum Gasteiger partial charge on any atom is -0.467 e. The van der Waals surface area contributed by atoms with Crippen LogP contribution in [0.2, 0.25) is 5.15 Å². The number of aryl methyl sites for hydroxylation is 1. The Kier molecular flexibility index (Phi) is 9.65. The zero-order valence-corrected chi connectivity index (χ0v) is 25.5. The summed E-state index contributed by atoms with van der Waals surface area (Å²) in [5.41, 5.74) is 0.972. The number of carbonyl (C=O) groups excluding carboxylic acids is 2. The van der Waals surface area contributed by atoms with Gasteiger partial charge in [0.05, 0.1) is 28.7 Å². The lowest BCUT2D eigenvalue weighted by Gasteiger charge is -2.27. The topological polar surface area (TPSA) is 93.9 Å². The molecule has 3 rings (SSSR count). The van der Waals surface area contributed by atoms with E-state index in [1.165, 1.54) is 16.2 Å². The highest BCUT2D eigenvalue weighted by Gasteiger charge is 2.29. The lowest BCUT2D eigenvalue weighted by Crippen LogP contribution is -2.41. The smallest absolute Gasteiger partial charge is 0.415 e. The van der Waals surface area contributed by atoms with E-state index in [0.717, 1.165) is 15.1 Å². The summed E-state index contributed by atoms with van der Waals surface area (Å²) in [7, 11) is 0. The molecule has 0 radical (unpaired) electrons. The van der Waals surface area contributed by atoms with Gasteiger partial charge in [-0.1, -0.05) is 11.6 Å². The number of fused-ring (bicyclic) bond motifs is 1. The summed E-state index contributed by atoms with van der Waals surface area (Å²) in [5, 5.41) is 3.26. The van der Waals surface area contributed by atoms with E-state index in [0.29, 0.717) is 29.1 Å². The molecular weight excluding hydrogens is 546 g/mol. The van der Waals surface area contributed by atoms with Crippen molar-refractivity contribution < 1.29 is 23.5 Å². The first-order chi connectivity index (χ1) is 17.7. The SMILES string of the molecule is CSC[C@@H](Cc1sc2c(N(Cc3ccco3)C(=O)OC(C)(C)C)cc(Cl)nc2c1C)NC(=O)OC(C)(C)C. The minimum absolute atomic E-state index is 0.157. The van der Waals surface area contributed by atoms with Crippen LogP contribution in [0.25, 0.3) is 10.2 Å². The van der Waals surface area contributed by atoms with Gasteiger partial charge in [0.25, 0.3) is 0 Å². The van der Waals surface area contributed by atoms with Crippen LogP contribution < -0.4 is 10.2 Å². The third kappa shape index (κ3) is 8.28. The highest BCUT2D eigenvalue weighted by atomic mass is 35.5. The van der Waals surface area contributed by atoms with Crippen LogP contribution in [-0.2, 0) is 22.4 Å². The number of aromatic nitrogens is 1. The maximum absolute atomic E-state index is 13.4. The molecular formula is C27H36ClN3O5S2. The van der Waals surface area contributed by atoms with E-state index < -0.39 is 23.4 Å². The number of anilines is 1. The first-order valence-corrected chi connectivity index (χ1v) is 14.9. The number of thioether (sulfide) groups is 1. The Morgan fingerprint density at radius 2 is 1.89 bits per heavy atom. The number of furan rings is 1. The van der Waals surface area contributed by atoms with Crippen molar-refractivity contribution in [2.24, 2.45) is 0 Å². The lowest BCUT2D eigenvalue weighted by atomic mass is 10.1. The van der Waals surface area contributed by atoms with Crippen LogP contribution in [0.1, 0.15) is 57.7 Å². The average Bonchev–Trinajstić information content (AvgIpc) is 3.38. The third-order valence-corrected chi connectivity index (χ3v) is 7.50. The standard InChI is InChI=1S/C27H36ClN3O5S2/c1-16-20(12-17(15-37-8)29-24(32)35-26(2,3)4)38-23-19(13-21(28)30-22(16)23)31(14-18-10-9-11-34-18)25(33)36-27(5,6)7/h9-11,13,17H,12,14-15H2,1-8H3,(H,29,32)/t17-/m1/s1. The van der Waals surface area contributed by atoms with Gasteiger partial charge in [0.15, 0.2) is 0 Å². The highest BCUT2D eigenvalue weighted by Crippen LogP contribution is 2.40. The molecule has 1 N–H and O–H groups in total. The Balaban J connectivity index is 2.01. The summed E-state index contributed by atoms with van der Waals surface area (Å²) in [6.45, 7) is 13.1.